The molecule has 0 atom stereocenters. The van der Waals surface area contributed by atoms with Crippen LogP contribution in [0.3, 0.4) is 0 Å². The Bertz CT molecular complexity index is 504. The van der Waals surface area contributed by atoms with Crippen LogP contribution in [0.1, 0.15) is 25.2 Å². The zero-order chi connectivity index (χ0) is 13.7. The van der Waals surface area contributed by atoms with Crippen LogP contribution < -0.4 is 5.32 Å². The van der Waals surface area contributed by atoms with Gasteiger partial charge in [-0.05, 0) is 17.7 Å². The van der Waals surface area contributed by atoms with Gasteiger partial charge in [0.15, 0.2) is 0 Å². The number of hydrogen-bond donors (Lipinski definition) is 1. The van der Waals surface area contributed by atoms with Gasteiger partial charge in [-0.25, -0.2) is 4.98 Å². The average Bonchev–Trinajstić information content (AvgIpc) is 2.81. The quantitative estimate of drug-likeness (QED) is 0.824. The highest BCUT2D eigenvalue weighted by molar-refractivity contribution is 7.98. The van der Waals surface area contributed by atoms with Crippen LogP contribution in [-0.4, -0.2) is 20.8 Å². The van der Waals surface area contributed by atoms with Gasteiger partial charge in [0.25, 0.3) is 0 Å². The SMILES string of the molecule is CC(C)NCc1ccc(SCc2ncnn2C)cc1. The topological polar surface area (TPSA) is 42.7 Å². The minimum Gasteiger partial charge on any atom is -0.310 e. The number of nitrogens with one attached hydrogen (secondary N) is 1. The molecule has 0 bridgehead atoms. The first kappa shape index (κ1) is 14.1. The summed E-state index contributed by atoms with van der Waals surface area (Å²) in [6.07, 6.45) is 1.59. The van der Waals surface area contributed by atoms with Crippen molar-refractivity contribution in [2.75, 3.05) is 0 Å². The molecular formula is C14H20N4S. The van der Waals surface area contributed by atoms with E-state index in [4.69, 9.17) is 0 Å². The third-order valence-electron chi connectivity index (χ3n) is 2.81. The van der Waals surface area contributed by atoms with Gasteiger partial charge in [-0.15, -0.1) is 11.8 Å². The predicted octanol–water partition coefficient (Wildman–Crippen LogP) is 2.61. The fourth-order valence-electron chi connectivity index (χ4n) is 1.62. The van der Waals surface area contributed by atoms with Crippen molar-refractivity contribution in [3.8, 4) is 0 Å². The van der Waals surface area contributed by atoms with Crippen molar-refractivity contribution in [2.45, 2.75) is 37.1 Å². The second kappa shape index (κ2) is 6.73. The second-order valence-electron chi connectivity index (χ2n) is 4.77. The monoisotopic (exact) mass is 276 g/mol. The van der Waals surface area contributed by atoms with Crippen LogP contribution in [0, 0.1) is 0 Å². The number of thioether (sulfide) groups is 1. The summed E-state index contributed by atoms with van der Waals surface area (Å²) >= 11 is 1.78. The highest BCUT2D eigenvalue weighted by Crippen LogP contribution is 2.21. The summed E-state index contributed by atoms with van der Waals surface area (Å²) in [5, 5.41) is 7.48. The Balaban J connectivity index is 1.86. The average molecular weight is 276 g/mol. The van der Waals surface area contributed by atoms with Crippen molar-refractivity contribution in [3.05, 3.63) is 42.0 Å². The first-order valence-corrected chi connectivity index (χ1v) is 7.41. The zero-order valence-electron chi connectivity index (χ0n) is 11.6. The van der Waals surface area contributed by atoms with Crippen molar-refractivity contribution in [1.82, 2.24) is 20.1 Å². The lowest BCUT2D eigenvalue weighted by Crippen LogP contribution is -2.21. The molecule has 1 N–H and O–H groups in total. The summed E-state index contributed by atoms with van der Waals surface area (Å²) in [6.45, 7) is 5.24. The van der Waals surface area contributed by atoms with Crippen LogP contribution in [0.25, 0.3) is 0 Å². The molecule has 1 aromatic heterocycles. The molecule has 0 aliphatic rings. The summed E-state index contributed by atoms with van der Waals surface area (Å²) < 4.78 is 1.81. The first-order valence-electron chi connectivity index (χ1n) is 6.43. The minimum absolute atomic E-state index is 0.518. The van der Waals surface area contributed by atoms with Gasteiger partial charge in [-0.1, -0.05) is 26.0 Å². The Morgan fingerprint density at radius 3 is 2.58 bits per heavy atom. The maximum absolute atomic E-state index is 4.22. The molecule has 2 aromatic rings. The molecule has 0 aliphatic heterocycles. The van der Waals surface area contributed by atoms with Gasteiger partial charge in [-0.2, -0.15) is 5.10 Å². The summed E-state index contributed by atoms with van der Waals surface area (Å²) in [5.74, 6) is 1.84. The van der Waals surface area contributed by atoms with Crippen molar-refractivity contribution in [2.24, 2.45) is 7.05 Å². The standard InChI is InChI=1S/C14H20N4S/c1-11(2)15-8-12-4-6-13(7-5-12)19-9-14-16-10-17-18(14)3/h4-7,10-11,15H,8-9H2,1-3H3. The third-order valence-corrected chi connectivity index (χ3v) is 3.82. The van der Waals surface area contributed by atoms with Crippen LogP contribution in [0.4, 0.5) is 0 Å². The van der Waals surface area contributed by atoms with Gasteiger partial charge in [0.05, 0.1) is 5.75 Å². The first-order chi connectivity index (χ1) is 9.15. The van der Waals surface area contributed by atoms with Crippen LogP contribution in [0.5, 0.6) is 0 Å². The van der Waals surface area contributed by atoms with Crippen LogP contribution >= 0.6 is 11.8 Å². The molecule has 0 amide bonds. The van der Waals surface area contributed by atoms with Gasteiger partial charge in [-0.3, -0.25) is 4.68 Å². The zero-order valence-corrected chi connectivity index (χ0v) is 12.4. The van der Waals surface area contributed by atoms with Crippen molar-refractivity contribution in [3.63, 3.8) is 0 Å². The van der Waals surface area contributed by atoms with Gasteiger partial charge in [0.2, 0.25) is 0 Å². The molecule has 0 saturated heterocycles. The number of rotatable bonds is 6. The normalized spacial score (nSPS) is 11.2. The lowest BCUT2D eigenvalue weighted by Gasteiger charge is -2.08. The second-order valence-corrected chi connectivity index (χ2v) is 5.82. The van der Waals surface area contributed by atoms with Crippen molar-refractivity contribution >= 4 is 11.8 Å². The lowest BCUT2D eigenvalue weighted by molar-refractivity contribution is 0.588. The van der Waals surface area contributed by atoms with Crippen LogP contribution in [0.15, 0.2) is 35.5 Å². The molecule has 0 fully saturated rings. The van der Waals surface area contributed by atoms with E-state index in [1.807, 2.05) is 11.7 Å². The Morgan fingerprint density at radius 1 is 1.26 bits per heavy atom. The summed E-state index contributed by atoms with van der Waals surface area (Å²) in [5.41, 5.74) is 1.32. The van der Waals surface area contributed by atoms with E-state index in [0.717, 1.165) is 18.1 Å². The predicted molar refractivity (Wildman–Crippen MR) is 79.0 cm³/mol. The molecule has 4 nitrogen and oxygen atoms in total. The molecular weight excluding hydrogens is 256 g/mol. The van der Waals surface area contributed by atoms with Crippen molar-refractivity contribution in [1.29, 1.82) is 0 Å². The molecule has 1 heterocycles. The van der Waals surface area contributed by atoms with E-state index in [0.29, 0.717) is 6.04 Å². The molecule has 5 heteroatoms. The highest BCUT2D eigenvalue weighted by atomic mass is 32.2. The summed E-state index contributed by atoms with van der Waals surface area (Å²) in [7, 11) is 1.92. The molecule has 19 heavy (non-hydrogen) atoms. The largest absolute Gasteiger partial charge is 0.310 e. The van der Waals surface area contributed by atoms with Crippen molar-refractivity contribution < 1.29 is 0 Å². The molecule has 0 unspecified atom stereocenters. The maximum Gasteiger partial charge on any atom is 0.138 e. The highest BCUT2D eigenvalue weighted by Gasteiger charge is 2.02. The lowest BCUT2D eigenvalue weighted by atomic mass is 10.2. The van der Waals surface area contributed by atoms with E-state index in [2.05, 4.69) is 53.5 Å². The number of hydrogen-bond acceptors (Lipinski definition) is 4. The molecule has 1 aromatic carbocycles. The van der Waals surface area contributed by atoms with Crippen LogP contribution in [0.2, 0.25) is 0 Å². The smallest absolute Gasteiger partial charge is 0.138 e. The van der Waals surface area contributed by atoms with E-state index in [-0.39, 0.29) is 0 Å². The van der Waals surface area contributed by atoms with E-state index in [1.165, 1.54) is 10.5 Å². The molecule has 0 saturated carbocycles. The summed E-state index contributed by atoms with van der Waals surface area (Å²) in [6, 6.07) is 9.20. The Morgan fingerprint density at radius 2 is 2.00 bits per heavy atom. The molecule has 0 radical (unpaired) electrons. The number of aryl methyl sites for hydroxylation is 1. The number of aromatic nitrogens is 3. The Kier molecular flexibility index (Phi) is 4.99. The fourth-order valence-corrected chi connectivity index (χ4v) is 2.51. The number of benzene rings is 1. The van der Waals surface area contributed by atoms with E-state index in [1.54, 1.807) is 18.1 Å². The molecule has 0 spiro atoms. The summed E-state index contributed by atoms with van der Waals surface area (Å²) in [4.78, 5) is 5.48. The van der Waals surface area contributed by atoms with Gasteiger partial charge in [0, 0.05) is 24.5 Å². The van der Waals surface area contributed by atoms with E-state index >= 15 is 0 Å². The number of nitrogens with zero attached hydrogens (tertiary/aromatic N) is 3. The van der Waals surface area contributed by atoms with Gasteiger partial charge in [0.1, 0.15) is 12.2 Å². The Hall–Kier alpha value is -1.33. The minimum atomic E-state index is 0.518. The fraction of sp³-hybridized carbons (Fsp3) is 0.429. The van der Waals surface area contributed by atoms with Gasteiger partial charge >= 0.3 is 0 Å². The van der Waals surface area contributed by atoms with Crippen LogP contribution in [-0.2, 0) is 19.3 Å². The molecule has 2 rings (SSSR count). The maximum atomic E-state index is 4.22. The third kappa shape index (κ3) is 4.36. The van der Waals surface area contributed by atoms with Gasteiger partial charge < -0.3 is 5.32 Å². The molecule has 0 aliphatic carbocycles. The van der Waals surface area contributed by atoms with E-state index in [9.17, 15) is 0 Å². The Labute approximate surface area is 118 Å². The molecule has 102 valence electrons. The van der Waals surface area contributed by atoms with E-state index < -0.39 is 0 Å².